The maximum atomic E-state index is 13.0. The molecule has 2 amide bonds. The Hall–Kier alpha value is -1.95. The summed E-state index contributed by atoms with van der Waals surface area (Å²) in [7, 11) is 0. The second-order valence-electron chi connectivity index (χ2n) is 7.72. The van der Waals surface area contributed by atoms with Gasteiger partial charge in [0, 0.05) is 32.2 Å². The van der Waals surface area contributed by atoms with E-state index in [9.17, 15) is 14.0 Å². The van der Waals surface area contributed by atoms with Crippen molar-refractivity contribution < 1.29 is 14.0 Å². The standard InChI is InChI=1S/C21H30FN3O2/c22-18-9-7-17(8-10-18)15-21(27)25-13-11-24(12-14-25)16-20(26)23-19-5-3-1-2-4-6-19/h7-10,19H,1-6,11-16H2,(H,23,26). The zero-order valence-electron chi connectivity index (χ0n) is 16.0. The van der Waals surface area contributed by atoms with Gasteiger partial charge in [-0.15, -0.1) is 0 Å². The first-order valence-electron chi connectivity index (χ1n) is 10.1. The first-order chi connectivity index (χ1) is 13.1. The van der Waals surface area contributed by atoms with Gasteiger partial charge in [-0.2, -0.15) is 0 Å². The highest BCUT2D eigenvalue weighted by Crippen LogP contribution is 2.17. The lowest BCUT2D eigenvalue weighted by molar-refractivity contribution is -0.132. The number of carbonyl (C=O) groups is 2. The van der Waals surface area contributed by atoms with Gasteiger partial charge in [0.05, 0.1) is 13.0 Å². The van der Waals surface area contributed by atoms with Gasteiger partial charge in [0.25, 0.3) is 0 Å². The molecule has 2 fully saturated rings. The number of carbonyl (C=O) groups excluding carboxylic acids is 2. The van der Waals surface area contributed by atoms with E-state index in [4.69, 9.17) is 0 Å². The van der Waals surface area contributed by atoms with E-state index in [0.717, 1.165) is 18.4 Å². The number of benzene rings is 1. The van der Waals surface area contributed by atoms with E-state index in [0.29, 0.717) is 45.2 Å². The molecule has 2 aliphatic rings. The molecule has 0 aromatic heterocycles. The van der Waals surface area contributed by atoms with E-state index in [1.165, 1.54) is 37.8 Å². The maximum absolute atomic E-state index is 13.0. The molecule has 1 N–H and O–H groups in total. The molecule has 1 aliphatic heterocycles. The SMILES string of the molecule is O=C(CN1CCN(C(=O)Cc2ccc(F)cc2)CC1)NC1CCCCCC1. The van der Waals surface area contributed by atoms with Gasteiger partial charge in [-0.3, -0.25) is 14.5 Å². The van der Waals surface area contributed by atoms with Gasteiger partial charge in [-0.1, -0.05) is 37.8 Å². The predicted octanol–water partition coefficient (Wildman–Crippen LogP) is 2.35. The fraction of sp³-hybridized carbons (Fsp3) is 0.619. The summed E-state index contributed by atoms with van der Waals surface area (Å²) in [6.45, 7) is 3.12. The van der Waals surface area contributed by atoms with Crippen molar-refractivity contribution in [1.29, 1.82) is 0 Å². The monoisotopic (exact) mass is 375 g/mol. The van der Waals surface area contributed by atoms with Crippen molar-refractivity contribution in [2.75, 3.05) is 32.7 Å². The fourth-order valence-electron chi connectivity index (χ4n) is 3.94. The van der Waals surface area contributed by atoms with E-state index in [1.54, 1.807) is 12.1 Å². The van der Waals surface area contributed by atoms with Crippen molar-refractivity contribution >= 4 is 11.8 Å². The van der Waals surface area contributed by atoms with E-state index >= 15 is 0 Å². The minimum absolute atomic E-state index is 0.0594. The number of nitrogens with one attached hydrogen (secondary N) is 1. The van der Waals surface area contributed by atoms with Crippen LogP contribution in [0.25, 0.3) is 0 Å². The molecule has 0 spiro atoms. The smallest absolute Gasteiger partial charge is 0.234 e. The molecular weight excluding hydrogens is 345 g/mol. The van der Waals surface area contributed by atoms with E-state index < -0.39 is 0 Å². The van der Waals surface area contributed by atoms with Crippen LogP contribution in [0.4, 0.5) is 4.39 Å². The molecule has 1 heterocycles. The molecule has 27 heavy (non-hydrogen) atoms. The number of hydrogen-bond acceptors (Lipinski definition) is 3. The Bertz CT molecular complexity index is 619. The van der Waals surface area contributed by atoms with E-state index in [1.807, 2.05) is 4.90 Å². The largest absolute Gasteiger partial charge is 0.352 e. The average molecular weight is 375 g/mol. The van der Waals surface area contributed by atoms with Gasteiger partial charge in [0.2, 0.25) is 11.8 Å². The quantitative estimate of drug-likeness (QED) is 0.804. The summed E-state index contributed by atoms with van der Waals surface area (Å²) in [5, 5.41) is 3.19. The van der Waals surface area contributed by atoms with Crippen LogP contribution in [-0.4, -0.2) is 60.4 Å². The predicted molar refractivity (Wildman–Crippen MR) is 103 cm³/mol. The number of rotatable bonds is 5. The summed E-state index contributed by atoms with van der Waals surface area (Å²) in [4.78, 5) is 28.7. The molecule has 1 saturated carbocycles. The maximum Gasteiger partial charge on any atom is 0.234 e. The van der Waals surface area contributed by atoms with Gasteiger partial charge >= 0.3 is 0 Å². The molecule has 1 aliphatic carbocycles. The number of halogens is 1. The zero-order valence-corrected chi connectivity index (χ0v) is 16.0. The fourth-order valence-corrected chi connectivity index (χ4v) is 3.94. The number of nitrogens with zero attached hydrogens (tertiary/aromatic N) is 2. The molecule has 0 atom stereocenters. The Morgan fingerprint density at radius 1 is 0.963 bits per heavy atom. The molecule has 6 heteroatoms. The minimum Gasteiger partial charge on any atom is -0.352 e. The van der Waals surface area contributed by atoms with Crippen LogP contribution in [0.1, 0.15) is 44.1 Å². The lowest BCUT2D eigenvalue weighted by Gasteiger charge is -2.34. The lowest BCUT2D eigenvalue weighted by atomic mass is 10.1. The van der Waals surface area contributed by atoms with Crippen LogP contribution in [0.15, 0.2) is 24.3 Å². The van der Waals surface area contributed by atoms with E-state index in [2.05, 4.69) is 10.2 Å². The van der Waals surface area contributed by atoms with Crippen LogP contribution in [0.5, 0.6) is 0 Å². The summed E-state index contributed by atoms with van der Waals surface area (Å²) < 4.78 is 13.0. The Kier molecular flexibility index (Phi) is 7.21. The first-order valence-corrected chi connectivity index (χ1v) is 10.1. The average Bonchev–Trinajstić information content (AvgIpc) is 2.92. The molecular formula is C21H30FN3O2. The van der Waals surface area contributed by atoms with Crippen LogP contribution in [0.2, 0.25) is 0 Å². The third-order valence-corrected chi connectivity index (χ3v) is 5.58. The summed E-state index contributed by atoms with van der Waals surface area (Å²) in [5.41, 5.74) is 0.826. The molecule has 1 aromatic rings. The number of hydrogen-bond donors (Lipinski definition) is 1. The van der Waals surface area contributed by atoms with Crippen molar-refractivity contribution in [3.8, 4) is 0 Å². The van der Waals surface area contributed by atoms with Gasteiger partial charge < -0.3 is 10.2 Å². The molecule has 3 rings (SSSR count). The molecule has 0 unspecified atom stereocenters. The van der Waals surface area contributed by atoms with Gasteiger partial charge in [0.15, 0.2) is 0 Å². The van der Waals surface area contributed by atoms with Crippen LogP contribution in [0.3, 0.4) is 0 Å². The summed E-state index contributed by atoms with van der Waals surface area (Å²) in [5.74, 6) is -0.126. The Morgan fingerprint density at radius 3 is 2.22 bits per heavy atom. The van der Waals surface area contributed by atoms with Crippen LogP contribution < -0.4 is 5.32 Å². The first kappa shape index (κ1) is 19.8. The van der Waals surface area contributed by atoms with Crippen LogP contribution in [0, 0.1) is 5.82 Å². The van der Waals surface area contributed by atoms with Crippen LogP contribution >= 0.6 is 0 Å². The summed E-state index contributed by atoms with van der Waals surface area (Å²) >= 11 is 0. The van der Waals surface area contributed by atoms with Crippen molar-refractivity contribution in [3.05, 3.63) is 35.6 Å². The minimum atomic E-state index is -0.290. The van der Waals surface area contributed by atoms with Gasteiger partial charge in [-0.25, -0.2) is 4.39 Å². The third-order valence-electron chi connectivity index (χ3n) is 5.58. The Labute approximate surface area is 160 Å². The highest BCUT2D eigenvalue weighted by molar-refractivity contribution is 5.79. The topological polar surface area (TPSA) is 52.7 Å². The molecule has 5 nitrogen and oxygen atoms in total. The zero-order chi connectivity index (χ0) is 19.1. The Morgan fingerprint density at radius 2 is 1.59 bits per heavy atom. The lowest BCUT2D eigenvalue weighted by Crippen LogP contribution is -2.52. The molecule has 148 valence electrons. The molecule has 0 radical (unpaired) electrons. The Balaban J connectivity index is 1.38. The summed E-state index contributed by atoms with van der Waals surface area (Å²) in [6.07, 6.45) is 7.46. The number of piperazine rings is 1. The molecule has 1 aromatic carbocycles. The van der Waals surface area contributed by atoms with Crippen molar-refractivity contribution in [1.82, 2.24) is 15.1 Å². The van der Waals surface area contributed by atoms with E-state index in [-0.39, 0.29) is 17.6 Å². The van der Waals surface area contributed by atoms with Crippen molar-refractivity contribution in [3.63, 3.8) is 0 Å². The third kappa shape index (κ3) is 6.31. The normalized spacial score (nSPS) is 19.5. The van der Waals surface area contributed by atoms with Gasteiger partial charge in [0.1, 0.15) is 5.82 Å². The molecule has 0 bridgehead atoms. The van der Waals surface area contributed by atoms with Gasteiger partial charge in [-0.05, 0) is 30.5 Å². The highest BCUT2D eigenvalue weighted by atomic mass is 19.1. The van der Waals surface area contributed by atoms with Crippen LogP contribution in [-0.2, 0) is 16.0 Å². The van der Waals surface area contributed by atoms with Crippen molar-refractivity contribution in [2.24, 2.45) is 0 Å². The second-order valence-corrected chi connectivity index (χ2v) is 7.72. The van der Waals surface area contributed by atoms with Crippen molar-refractivity contribution in [2.45, 2.75) is 51.0 Å². The summed E-state index contributed by atoms with van der Waals surface area (Å²) in [6, 6.07) is 6.40. The highest BCUT2D eigenvalue weighted by Gasteiger charge is 2.23. The number of amides is 2. The molecule has 1 saturated heterocycles. The second kappa shape index (κ2) is 9.83.